The second kappa shape index (κ2) is 2.20. The highest BCUT2D eigenvalue weighted by Crippen LogP contribution is 2.52. The van der Waals surface area contributed by atoms with E-state index < -0.39 is 0 Å². The molecule has 66 valence electrons. The number of fused-ring (bicyclic) bond motifs is 2. The van der Waals surface area contributed by atoms with Crippen LogP contribution in [0.5, 0.6) is 0 Å². The summed E-state index contributed by atoms with van der Waals surface area (Å²) >= 11 is 0. The zero-order chi connectivity index (χ0) is 8.89. The van der Waals surface area contributed by atoms with Gasteiger partial charge in [-0.15, -0.1) is 0 Å². The molecular weight excluding hydrogens is 162 g/mol. The van der Waals surface area contributed by atoms with E-state index in [-0.39, 0.29) is 11.6 Å². The van der Waals surface area contributed by atoms with Gasteiger partial charge in [-0.3, -0.25) is 5.32 Å². The van der Waals surface area contributed by atoms with Crippen molar-refractivity contribution in [3.8, 4) is 0 Å². The molecule has 2 aliphatic rings. The van der Waals surface area contributed by atoms with E-state index in [4.69, 9.17) is 0 Å². The monoisotopic (exact) mass is 173 g/mol. The third-order valence-corrected chi connectivity index (χ3v) is 3.13. The molecule has 1 aromatic rings. The molecule has 1 atom stereocenters. The molecule has 2 nitrogen and oxygen atoms in total. The molecule has 0 amide bonds. The Morgan fingerprint density at radius 1 is 1.38 bits per heavy atom. The van der Waals surface area contributed by atoms with E-state index in [9.17, 15) is 4.79 Å². The summed E-state index contributed by atoms with van der Waals surface area (Å²) in [4.78, 5) is 10.8. The molecule has 2 heteroatoms. The molecule has 1 unspecified atom stereocenters. The minimum atomic E-state index is -0.0706. The van der Waals surface area contributed by atoms with Gasteiger partial charge in [0.1, 0.15) is 6.29 Å². The first-order chi connectivity index (χ1) is 6.36. The van der Waals surface area contributed by atoms with Crippen molar-refractivity contribution in [1.29, 1.82) is 0 Å². The summed E-state index contributed by atoms with van der Waals surface area (Å²) in [5.41, 5.74) is 2.68. The Balaban J connectivity index is 2.18. The van der Waals surface area contributed by atoms with Gasteiger partial charge in [-0.1, -0.05) is 24.3 Å². The van der Waals surface area contributed by atoms with Crippen LogP contribution in [0.1, 0.15) is 30.0 Å². The van der Waals surface area contributed by atoms with Crippen LogP contribution in [0.15, 0.2) is 24.3 Å². The fourth-order valence-electron chi connectivity index (χ4n) is 2.30. The van der Waals surface area contributed by atoms with Crippen molar-refractivity contribution < 1.29 is 4.79 Å². The average Bonchev–Trinajstić information content (AvgIpc) is 2.87. The van der Waals surface area contributed by atoms with Crippen molar-refractivity contribution >= 4 is 6.29 Å². The van der Waals surface area contributed by atoms with Crippen LogP contribution in [0.25, 0.3) is 0 Å². The lowest BCUT2D eigenvalue weighted by Crippen LogP contribution is -2.24. The molecule has 1 aromatic carbocycles. The Labute approximate surface area is 77.0 Å². The molecule has 0 radical (unpaired) electrons. The molecule has 1 saturated carbocycles. The van der Waals surface area contributed by atoms with Gasteiger partial charge >= 0.3 is 0 Å². The smallest absolute Gasteiger partial charge is 0.141 e. The zero-order valence-corrected chi connectivity index (χ0v) is 7.29. The van der Waals surface area contributed by atoms with Crippen molar-refractivity contribution in [2.75, 3.05) is 0 Å². The Hall–Kier alpha value is -1.15. The summed E-state index contributed by atoms with van der Waals surface area (Å²) in [5.74, 6) is 0. The highest BCUT2D eigenvalue weighted by molar-refractivity contribution is 5.66. The van der Waals surface area contributed by atoms with Crippen molar-refractivity contribution in [1.82, 2.24) is 5.32 Å². The van der Waals surface area contributed by atoms with Gasteiger partial charge in [0.25, 0.3) is 0 Å². The minimum Gasteiger partial charge on any atom is -0.301 e. The predicted molar refractivity (Wildman–Crippen MR) is 49.3 cm³/mol. The lowest BCUT2D eigenvalue weighted by molar-refractivity contribution is -0.109. The minimum absolute atomic E-state index is 0.0706. The molecule has 1 heterocycles. The third-order valence-electron chi connectivity index (χ3n) is 3.13. The van der Waals surface area contributed by atoms with Gasteiger partial charge in [-0.05, 0) is 24.0 Å². The van der Waals surface area contributed by atoms with Gasteiger partial charge < -0.3 is 4.79 Å². The molecule has 0 saturated heterocycles. The first-order valence-electron chi connectivity index (χ1n) is 4.68. The van der Waals surface area contributed by atoms with Gasteiger partial charge in [-0.2, -0.15) is 0 Å². The van der Waals surface area contributed by atoms with Gasteiger partial charge in [0, 0.05) is 5.54 Å². The fraction of sp³-hybridized carbons (Fsp3) is 0.364. The standard InChI is InChI=1S/C11H11NO/c13-7-10-8-3-1-2-4-9(8)11(12-10)5-6-11/h1-4,7,10,12H,5-6H2. The first-order valence-corrected chi connectivity index (χ1v) is 4.68. The average molecular weight is 173 g/mol. The highest BCUT2D eigenvalue weighted by Gasteiger charge is 2.51. The first kappa shape index (κ1) is 7.27. The molecule has 3 rings (SSSR count). The Kier molecular flexibility index (Phi) is 1.23. The second-order valence-electron chi connectivity index (χ2n) is 3.93. The van der Waals surface area contributed by atoms with Gasteiger partial charge in [0.2, 0.25) is 0 Å². The molecule has 0 aromatic heterocycles. The normalized spacial score (nSPS) is 27.2. The van der Waals surface area contributed by atoms with Crippen LogP contribution in [0, 0.1) is 0 Å². The van der Waals surface area contributed by atoms with Crippen LogP contribution in [-0.4, -0.2) is 6.29 Å². The van der Waals surface area contributed by atoms with E-state index in [2.05, 4.69) is 17.4 Å². The summed E-state index contributed by atoms with van der Waals surface area (Å²) in [5, 5.41) is 3.39. The summed E-state index contributed by atoms with van der Waals surface area (Å²) < 4.78 is 0. The number of nitrogens with one attached hydrogen (secondary N) is 1. The zero-order valence-electron chi connectivity index (χ0n) is 7.29. The highest BCUT2D eigenvalue weighted by atomic mass is 16.1. The second-order valence-corrected chi connectivity index (χ2v) is 3.93. The van der Waals surface area contributed by atoms with E-state index in [1.165, 1.54) is 24.0 Å². The topological polar surface area (TPSA) is 29.1 Å². The Morgan fingerprint density at radius 2 is 2.15 bits per heavy atom. The number of rotatable bonds is 1. The van der Waals surface area contributed by atoms with Gasteiger partial charge in [0.15, 0.2) is 0 Å². The number of hydrogen-bond donors (Lipinski definition) is 1. The Bertz CT molecular complexity index is 368. The predicted octanol–water partition coefficient (Wildman–Crippen LogP) is 1.52. The quantitative estimate of drug-likeness (QED) is 0.652. The molecule has 13 heavy (non-hydrogen) atoms. The SMILES string of the molecule is O=CC1NC2(CC2)c2ccccc21. The number of hydrogen-bond acceptors (Lipinski definition) is 2. The van der Waals surface area contributed by atoms with E-state index in [1.54, 1.807) is 0 Å². The molecule has 1 N–H and O–H groups in total. The molecule has 1 fully saturated rings. The maximum absolute atomic E-state index is 10.8. The van der Waals surface area contributed by atoms with Gasteiger partial charge in [-0.25, -0.2) is 0 Å². The summed E-state index contributed by atoms with van der Waals surface area (Å²) in [6, 6.07) is 8.16. The lowest BCUT2D eigenvalue weighted by atomic mass is 10.0. The molecule has 0 bridgehead atoms. The van der Waals surface area contributed by atoms with E-state index in [0.717, 1.165) is 6.29 Å². The van der Waals surface area contributed by atoms with E-state index in [1.807, 2.05) is 12.1 Å². The van der Waals surface area contributed by atoms with Crippen molar-refractivity contribution in [2.24, 2.45) is 0 Å². The maximum atomic E-state index is 10.8. The summed E-state index contributed by atoms with van der Waals surface area (Å²) in [6.07, 6.45) is 3.36. The van der Waals surface area contributed by atoms with Crippen molar-refractivity contribution in [3.05, 3.63) is 35.4 Å². The maximum Gasteiger partial charge on any atom is 0.141 e. The summed E-state index contributed by atoms with van der Waals surface area (Å²) in [7, 11) is 0. The number of carbonyl (C=O) groups is 1. The number of aldehydes is 1. The largest absolute Gasteiger partial charge is 0.301 e. The molecular formula is C11H11NO. The van der Waals surface area contributed by atoms with Crippen LogP contribution < -0.4 is 5.32 Å². The van der Waals surface area contributed by atoms with E-state index in [0.29, 0.717) is 0 Å². The summed E-state index contributed by atoms with van der Waals surface area (Å²) in [6.45, 7) is 0. The molecule has 1 aliphatic carbocycles. The Morgan fingerprint density at radius 3 is 2.85 bits per heavy atom. The van der Waals surface area contributed by atoms with Crippen LogP contribution in [0.4, 0.5) is 0 Å². The van der Waals surface area contributed by atoms with Gasteiger partial charge in [0.05, 0.1) is 6.04 Å². The van der Waals surface area contributed by atoms with E-state index >= 15 is 0 Å². The van der Waals surface area contributed by atoms with Crippen molar-refractivity contribution in [3.63, 3.8) is 0 Å². The fourth-order valence-corrected chi connectivity index (χ4v) is 2.30. The van der Waals surface area contributed by atoms with Crippen LogP contribution >= 0.6 is 0 Å². The van der Waals surface area contributed by atoms with Crippen LogP contribution in [-0.2, 0) is 10.3 Å². The van der Waals surface area contributed by atoms with Crippen LogP contribution in [0.2, 0.25) is 0 Å². The molecule has 1 spiro atoms. The molecule has 1 aliphatic heterocycles. The van der Waals surface area contributed by atoms with Crippen molar-refractivity contribution in [2.45, 2.75) is 24.4 Å². The number of benzene rings is 1. The third kappa shape index (κ3) is 0.838. The van der Waals surface area contributed by atoms with Crippen LogP contribution in [0.3, 0.4) is 0 Å². The lowest BCUT2D eigenvalue weighted by Gasteiger charge is -2.07. The number of carbonyl (C=O) groups excluding carboxylic acids is 1.